The quantitative estimate of drug-likeness (QED) is 0.318. The lowest BCUT2D eigenvalue weighted by atomic mass is 10.7. The summed E-state index contributed by atoms with van der Waals surface area (Å²) in [5, 5.41) is 0. The third-order valence-electron chi connectivity index (χ3n) is 2.23. The van der Waals surface area contributed by atoms with Gasteiger partial charge in [0.05, 0.1) is 26.4 Å². The molecule has 0 heterocycles. The minimum Gasteiger partial charge on any atom is -0.491 e. The predicted octanol–water partition coefficient (Wildman–Crippen LogP) is 2.78. The van der Waals surface area contributed by atoms with Gasteiger partial charge in [0, 0.05) is 13.2 Å². The summed E-state index contributed by atoms with van der Waals surface area (Å²) < 4.78 is 37.1. The van der Waals surface area contributed by atoms with Crippen LogP contribution in [0.3, 0.4) is 0 Å². The molecule has 0 bridgehead atoms. The Labute approximate surface area is 139 Å². The Kier molecular flexibility index (Phi) is 15.6. The summed E-state index contributed by atoms with van der Waals surface area (Å²) in [6, 6.07) is 0. The fraction of sp³-hybridized carbons (Fsp3) is 0.750. The molecule has 136 valence electrons. The molecule has 0 aliphatic carbocycles. The van der Waals surface area contributed by atoms with E-state index in [0.717, 1.165) is 0 Å². The molecule has 7 heteroatoms. The monoisotopic (exact) mass is 334 g/mol. The first-order valence-corrected chi connectivity index (χ1v) is 8.00. The van der Waals surface area contributed by atoms with E-state index < -0.39 is 0 Å². The van der Waals surface area contributed by atoms with Gasteiger partial charge in [-0.1, -0.05) is 0 Å². The summed E-state index contributed by atoms with van der Waals surface area (Å²) in [6.45, 7) is 11.5. The SMILES string of the molecule is CCOCCOC=C(OCC)OC(=COCCOCC)OCC. The van der Waals surface area contributed by atoms with E-state index in [4.69, 9.17) is 33.2 Å². The van der Waals surface area contributed by atoms with E-state index in [1.807, 2.05) is 27.7 Å². The molecule has 0 amide bonds. The van der Waals surface area contributed by atoms with Crippen molar-refractivity contribution in [1.29, 1.82) is 0 Å². The van der Waals surface area contributed by atoms with Crippen molar-refractivity contribution < 1.29 is 33.2 Å². The van der Waals surface area contributed by atoms with Crippen LogP contribution in [-0.4, -0.2) is 52.9 Å². The maximum Gasteiger partial charge on any atom is 0.323 e. The average Bonchev–Trinajstić information content (AvgIpc) is 2.54. The molecule has 0 atom stereocenters. The fourth-order valence-corrected chi connectivity index (χ4v) is 1.32. The largest absolute Gasteiger partial charge is 0.491 e. The fourth-order valence-electron chi connectivity index (χ4n) is 1.32. The third kappa shape index (κ3) is 13.8. The van der Waals surface area contributed by atoms with Gasteiger partial charge in [-0.05, 0) is 27.7 Å². The lowest BCUT2D eigenvalue weighted by Crippen LogP contribution is -2.06. The molecule has 0 radical (unpaired) electrons. The average molecular weight is 334 g/mol. The van der Waals surface area contributed by atoms with Crippen LogP contribution in [0, 0.1) is 0 Å². The van der Waals surface area contributed by atoms with Gasteiger partial charge in [-0.3, -0.25) is 0 Å². The van der Waals surface area contributed by atoms with Gasteiger partial charge in [-0.2, -0.15) is 0 Å². The molecule has 0 unspecified atom stereocenters. The van der Waals surface area contributed by atoms with Crippen molar-refractivity contribution in [2.75, 3.05) is 52.9 Å². The molecule has 0 aromatic heterocycles. The topological polar surface area (TPSA) is 64.6 Å². The second-order valence-corrected chi connectivity index (χ2v) is 3.98. The third-order valence-corrected chi connectivity index (χ3v) is 2.23. The van der Waals surface area contributed by atoms with Crippen LogP contribution in [-0.2, 0) is 33.2 Å². The second-order valence-electron chi connectivity index (χ2n) is 3.98. The number of rotatable bonds is 16. The maximum absolute atomic E-state index is 5.49. The van der Waals surface area contributed by atoms with Crippen molar-refractivity contribution in [3.8, 4) is 0 Å². The first-order chi connectivity index (χ1) is 11.3. The summed E-state index contributed by atoms with van der Waals surface area (Å²) in [5.74, 6) is 0.384. The van der Waals surface area contributed by atoms with Crippen LogP contribution in [0.25, 0.3) is 0 Å². The summed E-state index contributed by atoms with van der Waals surface area (Å²) in [7, 11) is 0. The standard InChI is InChI=1S/C16H30O7/c1-5-17-9-11-19-13-15(21-7-3)23-16(22-8-4)14-20-12-10-18-6-2/h13-14H,5-12H2,1-4H3. The lowest BCUT2D eigenvalue weighted by Gasteiger charge is -2.13. The molecule has 0 aromatic rings. The summed E-state index contributed by atoms with van der Waals surface area (Å²) in [4.78, 5) is 0. The van der Waals surface area contributed by atoms with E-state index in [-0.39, 0.29) is 11.9 Å². The van der Waals surface area contributed by atoms with Crippen molar-refractivity contribution in [2.45, 2.75) is 27.7 Å². The van der Waals surface area contributed by atoms with Crippen LogP contribution in [0.2, 0.25) is 0 Å². The lowest BCUT2D eigenvalue weighted by molar-refractivity contribution is -0.0194. The highest BCUT2D eigenvalue weighted by atomic mass is 16.8. The van der Waals surface area contributed by atoms with Gasteiger partial charge in [-0.25, -0.2) is 0 Å². The molecule has 0 aromatic carbocycles. The molecule has 0 saturated heterocycles. The van der Waals surface area contributed by atoms with Gasteiger partial charge in [0.25, 0.3) is 0 Å². The van der Waals surface area contributed by atoms with Gasteiger partial charge in [-0.15, -0.1) is 0 Å². The van der Waals surface area contributed by atoms with E-state index in [1.54, 1.807) is 0 Å². The Bertz CT molecular complexity index is 286. The molecule has 0 aliphatic heterocycles. The van der Waals surface area contributed by atoms with E-state index >= 15 is 0 Å². The van der Waals surface area contributed by atoms with Gasteiger partial charge < -0.3 is 33.2 Å². The minimum atomic E-state index is 0.192. The van der Waals surface area contributed by atoms with Crippen molar-refractivity contribution in [3.63, 3.8) is 0 Å². The Morgan fingerprint density at radius 3 is 1.39 bits per heavy atom. The first-order valence-electron chi connectivity index (χ1n) is 8.00. The highest BCUT2D eigenvalue weighted by molar-refractivity contribution is 4.86. The Hall–Kier alpha value is -1.60. The highest BCUT2D eigenvalue weighted by Crippen LogP contribution is 2.10. The molecule has 23 heavy (non-hydrogen) atoms. The van der Waals surface area contributed by atoms with E-state index in [1.165, 1.54) is 12.5 Å². The number of ether oxygens (including phenoxy) is 7. The molecule has 0 spiro atoms. The molecular formula is C16H30O7. The van der Waals surface area contributed by atoms with E-state index in [2.05, 4.69) is 0 Å². The summed E-state index contributed by atoms with van der Waals surface area (Å²) in [6.07, 6.45) is 2.77. The van der Waals surface area contributed by atoms with Crippen molar-refractivity contribution in [1.82, 2.24) is 0 Å². The minimum absolute atomic E-state index is 0.192. The van der Waals surface area contributed by atoms with Gasteiger partial charge in [0.2, 0.25) is 0 Å². The van der Waals surface area contributed by atoms with Gasteiger partial charge >= 0.3 is 11.9 Å². The number of hydrogen-bond donors (Lipinski definition) is 0. The molecule has 0 fully saturated rings. The normalized spacial score (nSPS) is 12.0. The second kappa shape index (κ2) is 16.8. The Balaban J connectivity index is 4.37. The predicted molar refractivity (Wildman–Crippen MR) is 85.4 cm³/mol. The van der Waals surface area contributed by atoms with Crippen LogP contribution in [0.4, 0.5) is 0 Å². The molecule has 0 aliphatic rings. The summed E-state index contributed by atoms with van der Waals surface area (Å²) in [5.41, 5.74) is 0. The van der Waals surface area contributed by atoms with Crippen LogP contribution in [0.15, 0.2) is 24.4 Å². The smallest absolute Gasteiger partial charge is 0.323 e. The zero-order valence-electron chi connectivity index (χ0n) is 14.7. The molecule has 0 saturated carbocycles. The maximum atomic E-state index is 5.49. The van der Waals surface area contributed by atoms with Crippen LogP contribution >= 0.6 is 0 Å². The first kappa shape index (κ1) is 21.4. The Morgan fingerprint density at radius 2 is 1.04 bits per heavy atom. The molecule has 7 nitrogen and oxygen atoms in total. The Morgan fingerprint density at radius 1 is 0.609 bits per heavy atom. The van der Waals surface area contributed by atoms with Crippen LogP contribution < -0.4 is 0 Å². The number of hydrogen-bond acceptors (Lipinski definition) is 7. The van der Waals surface area contributed by atoms with E-state index in [9.17, 15) is 0 Å². The van der Waals surface area contributed by atoms with Gasteiger partial charge in [0.1, 0.15) is 13.2 Å². The zero-order valence-corrected chi connectivity index (χ0v) is 14.7. The van der Waals surface area contributed by atoms with E-state index in [0.29, 0.717) is 52.9 Å². The van der Waals surface area contributed by atoms with Crippen LogP contribution in [0.5, 0.6) is 0 Å². The molecular weight excluding hydrogens is 304 g/mol. The zero-order chi connectivity index (χ0) is 17.2. The van der Waals surface area contributed by atoms with Crippen molar-refractivity contribution >= 4 is 0 Å². The molecule has 0 N–H and O–H groups in total. The van der Waals surface area contributed by atoms with Crippen LogP contribution in [0.1, 0.15) is 27.7 Å². The molecule has 0 rings (SSSR count). The van der Waals surface area contributed by atoms with Gasteiger partial charge in [0.15, 0.2) is 12.5 Å². The highest BCUT2D eigenvalue weighted by Gasteiger charge is 2.07. The van der Waals surface area contributed by atoms with Crippen molar-refractivity contribution in [3.05, 3.63) is 24.4 Å². The summed E-state index contributed by atoms with van der Waals surface area (Å²) >= 11 is 0. The van der Waals surface area contributed by atoms with Crippen molar-refractivity contribution in [2.24, 2.45) is 0 Å².